The van der Waals surface area contributed by atoms with Crippen LogP contribution in [0.2, 0.25) is 0 Å². The lowest BCUT2D eigenvalue weighted by atomic mass is 10.2. The van der Waals surface area contributed by atoms with Crippen LogP contribution < -0.4 is 15.5 Å². The molecule has 1 aromatic carbocycles. The van der Waals surface area contributed by atoms with E-state index in [1.54, 1.807) is 12.3 Å². The van der Waals surface area contributed by atoms with Crippen molar-refractivity contribution in [2.75, 3.05) is 24.5 Å². The third-order valence-electron chi connectivity index (χ3n) is 4.78. The van der Waals surface area contributed by atoms with Gasteiger partial charge < -0.3 is 20.0 Å². The number of anilines is 1. The van der Waals surface area contributed by atoms with Crippen LogP contribution in [0.5, 0.6) is 0 Å². The zero-order chi connectivity index (χ0) is 19.3. The van der Waals surface area contributed by atoms with Crippen molar-refractivity contribution < 1.29 is 8.81 Å². The van der Waals surface area contributed by atoms with E-state index in [1.165, 1.54) is 6.07 Å². The van der Waals surface area contributed by atoms with Crippen molar-refractivity contribution in [1.82, 2.24) is 15.6 Å². The average molecular weight is 381 g/mol. The van der Waals surface area contributed by atoms with E-state index >= 15 is 0 Å². The van der Waals surface area contributed by atoms with Gasteiger partial charge in [-0.05, 0) is 37.6 Å². The first-order valence-corrected chi connectivity index (χ1v) is 9.60. The highest BCUT2D eigenvalue weighted by Crippen LogP contribution is 2.21. The first-order chi connectivity index (χ1) is 13.7. The largest absolute Gasteiger partial charge is 0.459 e. The summed E-state index contributed by atoms with van der Waals surface area (Å²) in [5, 5.41) is 7.79. The second-order valence-corrected chi connectivity index (χ2v) is 6.83. The Balaban J connectivity index is 1.40. The fourth-order valence-corrected chi connectivity index (χ4v) is 3.47. The van der Waals surface area contributed by atoms with Crippen LogP contribution in [-0.4, -0.2) is 36.6 Å². The Bertz CT molecular complexity index is 937. The highest BCUT2D eigenvalue weighted by Gasteiger charge is 2.25. The average Bonchev–Trinajstić information content (AvgIpc) is 3.33. The van der Waals surface area contributed by atoms with E-state index in [1.807, 2.05) is 42.2 Å². The van der Waals surface area contributed by atoms with Crippen LogP contribution in [0.4, 0.5) is 10.2 Å². The topological polar surface area (TPSA) is 65.7 Å². The third kappa shape index (κ3) is 4.08. The number of benzene rings is 1. The van der Waals surface area contributed by atoms with Gasteiger partial charge in [0, 0.05) is 37.3 Å². The Labute approximate surface area is 163 Å². The number of hydrogen-bond donors (Lipinski definition) is 2. The molecule has 7 heteroatoms. The zero-order valence-electron chi connectivity index (χ0n) is 15.9. The van der Waals surface area contributed by atoms with Gasteiger partial charge in [-0.2, -0.15) is 0 Å². The van der Waals surface area contributed by atoms with E-state index in [2.05, 4.69) is 20.6 Å². The molecule has 2 N–H and O–H groups in total. The minimum Gasteiger partial charge on any atom is -0.459 e. The van der Waals surface area contributed by atoms with Crippen molar-refractivity contribution in [3.8, 4) is 0 Å². The molecule has 1 atom stereocenters. The van der Waals surface area contributed by atoms with Gasteiger partial charge in [-0.25, -0.2) is 14.4 Å². The highest BCUT2D eigenvalue weighted by molar-refractivity contribution is 5.80. The molecular formula is C21H24FN5O. The third-order valence-corrected chi connectivity index (χ3v) is 4.78. The molecule has 0 spiro atoms. The monoisotopic (exact) mass is 381 g/mol. The van der Waals surface area contributed by atoms with E-state index in [-0.39, 0.29) is 11.9 Å². The number of aliphatic imine (C=N–C) groups is 1. The Hall–Kier alpha value is -3.09. The van der Waals surface area contributed by atoms with Crippen LogP contribution >= 0.6 is 0 Å². The first-order valence-electron chi connectivity index (χ1n) is 9.60. The number of para-hydroxylation sites is 1. The number of pyridine rings is 1. The molecular weight excluding hydrogens is 357 g/mol. The van der Waals surface area contributed by atoms with Crippen molar-refractivity contribution in [3.63, 3.8) is 0 Å². The predicted molar refractivity (Wildman–Crippen MR) is 109 cm³/mol. The lowest BCUT2D eigenvalue weighted by Gasteiger charge is -2.19. The summed E-state index contributed by atoms with van der Waals surface area (Å²) in [5.41, 5.74) is 0.870. The zero-order valence-corrected chi connectivity index (χ0v) is 15.9. The fraction of sp³-hybridized carbons (Fsp3) is 0.333. The van der Waals surface area contributed by atoms with E-state index in [9.17, 15) is 4.39 Å². The molecule has 2 aromatic heterocycles. The maximum Gasteiger partial charge on any atom is 0.191 e. The summed E-state index contributed by atoms with van der Waals surface area (Å²) in [6, 6.07) is 13.2. The molecule has 0 radical (unpaired) electrons. The van der Waals surface area contributed by atoms with E-state index in [0.29, 0.717) is 18.9 Å². The summed E-state index contributed by atoms with van der Waals surface area (Å²) in [5.74, 6) is 1.68. The van der Waals surface area contributed by atoms with Gasteiger partial charge in [0.25, 0.3) is 0 Å². The van der Waals surface area contributed by atoms with Gasteiger partial charge in [0.05, 0.1) is 0 Å². The van der Waals surface area contributed by atoms with Crippen LogP contribution in [-0.2, 0) is 6.54 Å². The molecule has 0 amide bonds. The molecule has 1 saturated heterocycles. The van der Waals surface area contributed by atoms with E-state index in [0.717, 1.165) is 42.2 Å². The first kappa shape index (κ1) is 18.3. The van der Waals surface area contributed by atoms with Gasteiger partial charge in [-0.1, -0.05) is 18.2 Å². The molecule has 28 heavy (non-hydrogen) atoms. The number of rotatable bonds is 5. The summed E-state index contributed by atoms with van der Waals surface area (Å²) in [6.07, 6.45) is 2.52. The molecule has 0 aliphatic carbocycles. The minimum atomic E-state index is -0.284. The van der Waals surface area contributed by atoms with Gasteiger partial charge >= 0.3 is 0 Å². The summed E-state index contributed by atoms with van der Waals surface area (Å²) in [4.78, 5) is 10.8. The Kier molecular flexibility index (Phi) is 5.41. The molecule has 0 bridgehead atoms. The highest BCUT2D eigenvalue weighted by atomic mass is 19.1. The van der Waals surface area contributed by atoms with Crippen molar-refractivity contribution in [3.05, 3.63) is 60.2 Å². The second-order valence-electron chi connectivity index (χ2n) is 6.83. The maximum absolute atomic E-state index is 14.0. The van der Waals surface area contributed by atoms with Crippen LogP contribution in [0.15, 0.2) is 58.1 Å². The van der Waals surface area contributed by atoms with Crippen LogP contribution in [0.1, 0.15) is 19.1 Å². The summed E-state index contributed by atoms with van der Waals surface area (Å²) < 4.78 is 19.8. The van der Waals surface area contributed by atoms with Crippen molar-refractivity contribution in [1.29, 1.82) is 0 Å². The fourth-order valence-electron chi connectivity index (χ4n) is 3.47. The Morgan fingerprint density at radius 1 is 1.32 bits per heavy atom. The molecule has 146 valence electrons. The van der Waals surface area contributed by atoms with Gasteiger partial charge in [0.1, 0.15) is 17.9 Å². The normalized spacial score (nSPS) is 17.3. The number of hydrogen-bond acceptors (Lipinski definition) is 4. The molecule has 1 fully saturated rings. The quantitative estimate of drug-likeness (QED) is 0.524. The molecule has 1 aliphatic heterocycles. The number of nitrogens with one attached hydrogen (secondary N) is 2. The van der Waals surface area contributed by atoms with Crippen molar-refractivity contribution in [2.24, 2.45) is 4.99 Å². The number of aromatic nitrogens is 1. The predicted octanol–water partition coefficient (Wildman–Crippen LogP) is 3.30. The number of fused-ring (bicyclic) bond motifs is 1. The lowest BCUT2D eigenvalue weighted by Crippen LogP contribution is -2.44. The van der Waals surface area contributed by atoms with Gasteiger partial charge in [0.15, 0.2) is 17.6 Å². The molecule has 3 heterocycles. The van der Waals surface area contributed by atoms with Gasteiger partial charge in [-0.15, -0.1) is 0 Å². The molecule has 1 unspecified atom stereocenters. The van der Waals surface area contributed by atoms with Crippen LogP contribution in [0.3, 0.4) is 0 Å². The Morgan fingerprint density at radius 3 is 3.04 bits per heavy atom. The second kappa shape index (κ2) is 8.29. The van der Waals surface area contributed by atoms with Crippen molar-refractivity contribution >= 4 is 22.7 Å². The number of halogens is 1. The number of furan rings is 1. The maximum atomic E-state index is 14.0. The van der Waals surface area contributed by atoms with E-state index < -0.39 is 0 Å². The molecule has 1 aliphatic rings. The van der Waals surface area contributed by atoms with Crippen molar-refractivity contribution in [2.45, 2.75) is 25.9 Å². The van der Waals surface area contributed by atoms with Gasteiger partial charge in [-0.3, -0.25) is 0 Å². The van der Waals surface area contributed by atoms with Crippen LogP contribution in [0.25, 0.3) is 11.0 Å². The standard InChI is InChI=1S/C21H24FN5O/c1-2-23-21(25-13-17-12-15-6-3-4-8-19(15)28-17)26-16-9-11-27(14-16)20-18(22)7-5-10-24-20/h3-8,10,12,16H,2,9,11,13-14H2,1H3,(H2,23,25,26). The Morgan fingerprint density at radius 2 is 2.21 bits per heavy atom. The lowest BCUT2D eigenvalue weighted by molar-refractivity contribution is 0.550. The molecule has 6 nitrogen and oxygen atoms in total. The summed E-state index contributed by atoms with van der Waals surface area (Å²) in [6.45, 7) is 4.69. The van der Waals surface area contributed by atoms with Crippen LogP contribution in [0, 0.1) is 5.82 Å². The number of guanidine groups is 1. The smallest absolute Gasteiger partial charge is 0.191 e. The SMILES string of the molecule is CCNC(=NCc1cc2ccccc2o1)NC1CCN(c2ncccc2F)C1. The molecule has 4 rings (SSSR count). The van der Waals surface area contributed by atoms with Gasteiger partial charge in [0.2, 0.25) is 0 Å². The van der Waals surface area contributed by atoms with E-state index in [4.69, 9.17) is 4.42 Å². The number of nitrogens with zero attached hydrogens (tertiary/aromatic N) is 3. The minimum absolute atomic E-state index is 0.176. The summed E-state index contributed by atoms with van der Waals surface area (Å²) >= 11 is 0. The molecule has 0 saturated carbocycles. The molecule has 3 aromatic rings. The summed E-state index contributed by atoms with van der Waals surface area (Å²) in [7, 11) is 0.